The number of hydrogen-bond acceptors (Lipinski definition) is 3. The predicted octanol–water partition coefficient (Wildman–Crippen LogP) is 2.28. The first-order valence-electron chi connectivity index (χ1n) is 8.38. The number of amides is 1. The van der Waals surface area contributed by atoms with Crippen molar-refractivity contribution < 1.29 is 9.18 Å². The number of nitrogens with two attached hydrogens (primary N) is 1. The van der Waals surface area contributed by atoms with Crippen molar-refractivity contribution in [1.29, 1.82) is 0 Å². The summed E-state index contributed by atoms with van der Waals surface area (Å²) in [5.41, 5.74) is 6.94. The van der Waals surface area contributed by atoms with E-state index in [2.05, 4.69) is 10.2 Å². The highest BCUT2D eigenvalue weighted by atomic mass is 19.1. The minimum atomic E-state index is -0.387. The summed E-state index contributed by atoms with van der Waals surface area (Å²) in [4.78, 5) is 14.4. The zero-order valence-electron chi connectivity index (χ0n) is 14.1. The van der Waals surface area contributed by atoms with E-state index >= 15 is 0 Å². The molecule has 2 rings (SSSR count). The van der Waals surface area contributed by atoms with E-state index in [1.807, 2.05) is 14.0 Å². The summed E-state index contributed by atoms with van der Waals surface area (Å²) in [6.07, 6.45) is 3.98. The molecule has 2 unspecified atom stereocenters. The fourth-order valence-electron chi connectivity index (χ4n) is 3.26. The van der Waals surface area contributed by atoms with Crippen molar-refractivity contribution in [3.63, 3.8) is 0 Å². The number of hydrogen-bond donors (Lipinski definition) is 2. The number of carbonyl (C=O) groups excluding carboxylic acids is 1. The van der Waals surface area contributed by atoms with Gasteiger partial charge in [-0.25, -0.2) is 4.39 Å². The molecule has 1 saturated carbocycles. The maximum atomic E-state index is 12.9. The molecule has 1 amide bonds. The Morgan fingerprint density at radius 2 is 2.09 bits per heavy atom. The Morgan fingerprint density at radius 1 is 1.39 bits per heavy atom. The summed E-state index contributed by atoms with van der Waals surface area (Å²) in [7, 11) is 1.99. The van der Waals surface area contributed by atoms with Crippen molar-refractivity contribution >= 4 is 5.91 Å². The second kappa shape index (κ2) is 7.88. The van der Waals surface area contributed by atoms with E-state index in [9.17, 15) is 9.18 Å². The Kier molecular flexibility index (Phi) is 6.13. The van der Waals surface area contributed by atoms with Crippen molar-refractivity contribution in [2.45, 2.75) is 44.7 Å². The second-order valence-corrected chi connectivity index (χ2v) is 6.96. The molecule has 0 heterocycles. The Morgan fingerprint density at radius 3 is 2.74 bits per heavy atom. The number of halogens is 1. The molecular formula is C18H28FN3O. The summed E-state index contributed by atoms with van der Waals surface area (Å²) in [6, 6.07) is 6.50. The summed E-state index contributed by atoms with van der Waals surface area (Å²) in [6.45, 7) is 4.06. The van der Waals surface area contributed by atoms with Crippen molar-refractivity contribution in [2.75, 3.05) is 20.1 Å². The molecule has 2 atom stereocenters. The molecule has 1 aromatic carbocycles. The van der Waals surface area contributed by atoms with Gasteiger partial charge in [0.25, 0.3) is 0 Å². The van der Waals surface area contributed by atoms with Crippen LogP contribution in [0.5, 0.6) is 0 Å². The van der Waals surface area contributed by atoms with Crippen molar-refractivity contribution in [3.05, 3.63) is 35.6 Å². The average Bonchev–Trinajstić information content (AvgIpc) is 2.49. The highest BCUT2D eigenvalue weighted by Gasteiger charge is 2.37. The van der Waals surface area contributed by atoms with Crippen LogP contribution in [0, 0.1) is 11.7 Å². The maximum Gasteiger partial charge on any atom is 0.225 e. The predicted molar refractivity (Wildman–Crippen MR) is 90.3 cm³/mol. The van der Waals surface area contributed by atoms with Crippen LogP contribution in [0.25, 0.3) is 0 Å². The van der Waals surface area contributed by atoms with E-state index in [1.54, 1.807) is 12.1 Å². The summed E-state index contributed by atoms with van der Waals surface area (Å²) in [5.74, 6) is -0.232. The van der Waals surface area contributed by atoms with Crippen LogP contribution >= 0.6 is 0 Å². The molecule has 1 fully saturated rings. The monoisotopic (exact) mass is 321 g/mol. The van der Waals surface area contributed by atoms with Crippen LogP contribution in [0.4, 0.5) is 4.39 Å². The lowest BCUT2D eigenvalue weighted by Gasteiger charge is -2.37. The SMILES string of the molecule is CN(CCNC(=O)C1CCCCC1(C)N)Cc1ccc(F)cc1. The van der Waals surface area contributed by atoms with Crippen LogP contribution in [-0.2, 0) is 11.3 Å². The number of nitrogens with one attached hydrogen (secondary N) is 1. The lowest BCUT2D eigenvalue weighted by Crippen LogP contribution is -2.53. The number of rotatable bonds is 6. The van der Waals surface area contributed by atoms with Crippen molar-refractivity contribution in [2.24, 2.45) is 11.7 Å². The van der Waals surface area contributed by atoms with Crippen molar-refractivity contribution in [1.82, 2.24) is 10.2 Å². The maximum absolute atomic E-state index is 12.9. The molecule has 0 saturated heterocycles. The normalized spacial score (nSPS) is 24.7. The molecule has 1 aliphatic carbocycles. The first kappa shape index (κ1) is 17.9. The minimum Gasteiger partial charge on any atom is -0.355 e. The quantitative estimate of drug-likeness (QED) is 0.845. The topological polar surface area (TPSA) is 58.4 Å². The Bertz CT molecular complexity index is 516. The van der Waals surface area contributed by atoms with Gasteiger partial charge in [0.1, 0.15) is 5.82 Å². The van der Waals surface area contributed by atoms with Gasteiger partial charge in [-0.15, -0.1) is 0 Å². The third-order valence-electron chi connectivity index (χ3n) is 4.73. The summed E-state index contributed by atoms with van der Waals surface area (Å²) < 4.78 is 12.9. The molecule has 1 aliphatic rings. The summed E-state index contributed by atoms with van der Waals surface area (Å²) in [5, 5.41) is 3.01. The van der Waals surface area contributed by atoms with E-state index in [4.69, 9.17) is 5.73 Å². The molecule has 3 N–H and O–H groups in total. The highest BCUT2D eigenvalue weighted by molar-refractivity contribution is 5.80. The van der Waals surface area contributed by atoms with Gasteiger partial charge in [0, 0.05) is 25.2 Å². The molecule has 0 spiro atoms. The highest BCUT2D eigenvalue weighted by Crippen LogP contribution is 2.31. The van der Waals surface area contributed by atoms with Crippen molar-refractivity contribution in [3.8, 4) is 0 Å². The fourth-order valence-corrected chi connectivity index (χ4v) is 3.26. The summed E-state index contributed by atoms with van der Waals surface area (Å²) >= 11 is 0. The Labute approximate surface area is 138 Å². The van der Waals surface area contributed by atoms with E-state index in [0.29, 0.717) is 6.54 Å². The standard InChI is InChI=1S/C18H28FN3O/c1-18(20)10-4-3-5-16(18)17(23)21-11-12-22(2)13-14-6-8-15(19)9-7-14/h6-9,16H,3-5,10-13,20H2,1-2H3,(H,21,23). The Hall–Kier alpha value is -1.46. The molecule has 23 heavy (non-hydrogen) atoms. The second-order valence-electron chi connectivity index (χ2n) is 6.96. The lowest BCUT2D eigenvalue weighted by molar-refractivity contribution is -0.128. The van der Waals surface area contributed by atoms with Crippen LogP contribution in [0.15, 0.2) is 24.3 Å². The zero-order valence-corrected chi connectivity index (χ0v) is 14.1. The van der Waals surface area contributed by atoms with E-state index < -0.39 is 0 Å². The average molecular weight is 321 g/mol. The fraction of sp³-hybridized carbons (Fsp3) is 0.611. The molecule has 0 bridgehead atoms. The van der Waals surface area contributed by atoms with Gasteiger partial charge >= 0.3 is 0 Å². The van der Waals surface area contributed by atoms with E-state index in [1.165, 1.54) is 12.1 Å². The largest absolute Gasteiger partial charge is 0.355 e. The number of benzene rings is 1. The van der Waals surface area contributed by atoms with Crippen LogP contribution in [-0.4, -0.2) is 36.5 Å². The van der Waals surface area contributed by atoms with Gasteiger partial charge in [-0.1, -0.05) is 25.0 Å². The minimum absolute atomic E-state index is 0.0740. The van der Waals surface area contributed by atoms with Gasteiger partial charge in [-0.3, -0.25) is 4.79 Å². The molecule has 1 aromatic rings. The van der Waals surface area contributed by atoms with E-state index in [0.717, 1.165) is 44.3 Å². The molecule has 5 heteroatoms. The van der Waals surface area contributed by atoms with Crippen LogP contribution in [0.3, 0.4) is 0 Å². The molecule has 128 valence electrons. The van der Waals surface area contributed by atoms with Gasteiger partial charge in [0.15, 0.2) is 0 Å². The number of carbonyl (C=O) groups is 1. The number of likely N-dealkylation sites (N-methyl/N-ethyl adjacent to an activating group) is 1. The molecule has 4 nitrogen and oxygen atoms in total. The zero-order chi connectivity index (χ0) is 16.9. The van der Waals surface area contributed by atoms with Gasteiger partial charge in [-0.2, -0.15) is 0 Å². The molecule has 0 aliphatic heterocycles. The third-order valence-corrected chi connectivity index (χ3v) is 4.73. The van der Waals surface area contributed by atoms with E-state index in [-0.39, 0.29) is 23.2 Å². The lowest BCUT2D eigenvalue weighted by atomic mass is 9.74. The smallest absolute Gasteiger partial charge is 0.225 e. The third kappa shape index (κ3) is 5.29. The van der Waals surface area contributed by atoms with Crippen LogP contribution < -0.4 is 11.1 Å². The Balaban J connectivity index is 1.73. The molecular weight excluding hydrogens is 293 g/mol. The van der Waals surface area contributed by atoms with Crippen LogP contribution in [0.2, 0.25) is 0 Å². The van der Waals surface area contributed by atoms with Gasteiger partial charge in [0.2, 0.25) is 5.91 Å². The number of nitrogens with zero attached hydrogens (tertiary/aromatic N) is 1. The molecule has 0 aromatic heterocycles. The van der Waals surface area contributed by atoms with Gasteiger partial charge in [0.05, 0.1) is 5.92 Å². The molecule has 0 radical (unpaired) electrons. The van der Waals surface area contributed by atoms with Crippen LogP contribution in [0.1, 0.15) is 38.2 Å². The van der Waals surface area contributed by atoms with Gasteiger partial charge < -0.3 is 16.0 Å². The van der Waals surface area contributed by atoms with Gasteiger partial charge in [-0.05, 0) is 44.5 Å². The first-order chi connectivity index (χ1) is 10.9. The first-order valence-corrected chi connectivity index (χ1v) is 8.38.